The predicted molar refractivity (Wildman–Crippen MR) is 87.3 cm³/mol. The number of anilines is 2. The lowest BCUT2D eigenvalue weighted by atomic mass is 9.88. The Balaban J connectivity index is 1.64. The Morgan fingerprint density at radius 2 is 1.95 bits per heavy atom. The third-order valence-corrected chi connectivity index (χ3v) is 4.74. The molecule has 1 aromatic heterocycles. The van der Waals surface area contributed by atoms with Crippen LogP contribution in [0.5, 0.6) is 0 Å². The number of morpholine rings is 1. The Morgan fingerprint density at radius 3 is 2.59 bits per heavy atom. The minimum atomic E-state index is 0.192. The topological polar surface area (TPSA) is 45.7 Å². The summed E-state index contributed by atoms with van der Waals surface area (Å²) in [5, 5.41) is 0. The zero-order valence-corrected chi connectivity index (χ0v) is 13.3. The number of carbonyl (C=O) groups excluding carboxylic acids is 1. The lowest BCUT2D eigenvalue weighted by molar-refractivity contribution is -0.123. The summed E-state index contributed by atoms with van der Waals surface area (Å²) < 4.78 is 5.36. The van der Waals surface area contributed by atoms with Crippen LogP contribution in [0.25, 0.3) is 0 Å². The molecule has 0 radical (unpaired) electrons. The van der Waals surface area contributed by atoms with Crippen LogP contribution in [0, 0.1) is 5.92 Å². The third-order valence-electron chi connectivity index (χ3n) is 4.74. The molecule has 1 aliphatic carbocycles. The van der Waals surface area contributed by atoms with Gasteiger partial charge in [0.15, 0.2) is 0 Å². The van der Waals surface area contributed by atoms with E-state index < -0.39 is 0 Å². The highest BCUT2D eigenvalue weighted by atomic mass is 16.5. The highest BCUT2D eigenvalue weighted by molar-refractivity contribution is 5.94. The number of hydrogen-bond donors (Lipinski definition) is 0. The molecule has 1 aliphatic heterocycles. The fourth-order valence-electron chi connectivity index (χ4n) is 3.31. The van der Waals surface area contributed by atoms with Gasteiger partial charge in [0.05, 0.1) is 25.1 Å². The Hall–Kier alpha value is -1.62. The van der Waals surface area contributed by atoms with Crippen LogP contribution in [-0.2, 0) is 9.53 Å². The van der Waals surface area contributed by atoms with Gasteiger partial charge in [-0.3, -0.25) is 4.79 Å². The molecule has 1 aromatic rings. The van der Waals surface area contributed by atoms with Crippen molar-refractivity contribution in [2.45, 2.75) is 32.1 Å². The quantitative estimate of drug-likeness (QED) is 0.860. The van der Waals surface area contributed by atoms with E-state index >= 15 is 0 Å². The van der Waals surface area contributed by atoms with Gasteiger partial charge in [-0.05, 0) is 25.0 Å². The highest BCUT2D eigenvalue weighted by Crippen LogP contribution is 2.27. The van der Waals surface area contributed by atoms with Gasteiger partial charge in [0.1, 0.15) is 5.82 Å². The first kappa shape index (κ1) is 15.3. The number of amides is 1. The van der Waals surface area contributed by atoms with Crippen molar-refractivity contribution < 1.29 is 9.53 Å². The zero-order valence-electron chi connectivity index (χ0n) is 13.3. The molecule has 1 amide bonds. The largest absolute Gasteiger partial charge is 0.378 e. The van der Waals surface area contributed by atoms with Crippen molar-refractivity contribution in [2.24, 2.45) is 5.92 Å². The van der Waals surface area contributed by atoms with Crippen LogP contribution in [0.3, 0.4) is 0 Å². The van der Waals surface area contributed by atoms with E-state index in [2.05, 4.69) is 9.88 Å². The van der Waals surface area contributed by atoms with Gasteiger partial charge in [0, 0.05) is 26.1 Å². The van der Waals surface area contributed by atoms with Gasteiger partial charge < -0.3 is 14.5 Å². The SMILES string of the molecule is CN(C(=O)C1CCCCC1)c1ccc(N2CCOCC2)nc1. The van der Waals surface area contributed by atoms with Crippen molar-refractivity contribution >= 4 is 17.4 Å². The summed E-state index contributed by atoms with van der Waals surface area (Å²) in [5.41, 5.74) is 0.882. The summed E-state index contributed by atoms with van der Waals surface area (Å²) in [6, 6.07) is 4.00. The van der Waals surface area contributed by atoms with E-state index in [1.165, 1.54) is 19.3 Å². The van der Waals surface area contributed by atoms with Crippen molar-refractivity contribution in [3.63, 3.8) is 0 Å². The molecule has 2 aliphatic rings. The lowest BCUT2D eigenvalue weighted by Gasteiger charge is -2.29. The molecule has 3 rings (SSSR count). The van der Waals surface area contributed by atoms with E-state index in [1.807, 2.05) is 25.4 Å². The smallest absolute Gasteiger partial charge is 0.229 e. The Morgan fingerprint density at radius 1 is 1.23 bits per heavy atom. The van der Waals surface area contributed by atoms with Gasteiger partial charge in [0.25, 0.3) is 0 Å². The van der Waals surface area contributed by atoms with Gasteiger partial charge in [-0.2, -0.15) is 0 Å². The number of pyridine rings is 1. The van der Waals surface area contributed by atoms with Crippen molar-refractivity contribution in [3.05, 3.63) is 18.3 Å². The maximum Gasteiger partial charge on any atom is 0.229 e. The summed E-state index contributed by atoms with van der Waals surface area (Å²) in [6.45, 7) is 3.26. The van der Waals surface area contributed by atoms with E-state index in [4.69, 9.17) is 4.74 Å². The maximum atomic E-state index is 12.6. The third kappa shape index (κ3) is 3.40. The second kappa shape index (κ2) is 7.09. The predicted octanol–water partition coefficient (Wildman–Crippen LogP) is 2.46. The Labute approximate surface area is 132 Å². The van der Waals surface area contributed by atoms with Crippen molar-refractivity contribution in [3.8, 4) is 0 Å². The second-order valence-electron chi connectivity index (χ2n) is 6.21. The molecule has 1 saturated carbocycles. The normalized spacial score (nSPS) is 20.0. The van der Waals surface area contributed by atoms with Crippen LogP contribution in [0.1, 0.15) is 32.1 Å². The summed E-state index contributed by atoms with van der Waals surface area (Å²) >= 11 is 0. The molecule has 0 unspecified atom stereocenters. The number of carbonyl (C=O) groups is 1. The summed E-state index contributed by atoms with van der Waals surface area (Å²) in [5.74, 6) is 1.39. The summed E-state index contributed by atoms with van der Waals surface area (Å²) in [4.78, 5) is 21.1. The van der Waals surface area contributed by atoms with Gasteiger partial charge in [-0.25, -0.2) is 4.98 Å². The molecule has 1 saturated heterocycles. The van der Waals surface area contributed by atoms with E-state index in [1.54, 1.807) is 4.90 Å². The fourth-order valence-corrected chi connectivity index (χ4v) is 3.31. The molecule has 2 fully saturated rings. The molecule has 120 valence electrons. The average Bonchev–Trinajstić information content (AvgIpc) is 2.62. The van der Waals surface area contributed by atoms with Crippen LogP contribution in [0.15, 0.2) is 18.3 Å². The van der Waals surface area contributed by atoms with Gasteiger partial charge in [-0.15, -0.1) is 0 Å². The molecule has 0 N–H and O–H groups in total. The van der Waals surface area contributed by atoms with E-state index in [0.717, 1.165) is 50.7 Å². The minimum Gasteiger partial charge on any atom is -0.378 e. The maximum absolute atomic E-state index is 12.6. The zero-order chi connectivity index (χ0) is 15.4. The van der Waals surface area contributed by atoms with Crippen LogP contribution >= 0.6 is 0 Å². The molecular formula is C17H25N3O2. The van der Waals surface area contributed by atoms with Gasteiger partial charge in [-0.1, -0.05) is 19.3 Å². The average molecular weight is 303 g/mol. The summed E-state index contributed by atoms with van der Waals surface area (Å²) in [6.07, 6.45) is 7.50. The number of nitrogens with zero attached hydrogens (tertiary/aromatic N) is 3. The van der Waals surface area contributed by atoms with Crippen LogP contribution in [0.2, 0.25) is 0 Å². The lowest BCUT2D eigenvalue weighted by Crippen LogP contribution is -2.37. The highest BCUT2D eigenvalue weighted by Gasteiger charge is 2.25. The van der Waals surface area contributed by atoms with Crippen molar-refractivity contribution in [2.75, 3.05) is 43.2 Å². The number of rotatable bonds is 3. The molecule has 0 atom stereocenters. The van der Waals surface area contributed by atoms with E-state index in [-0.39, 0.29) is 11.8 Å². The van der Waals surface area contributed by atoms with E-state index in [9.17, 15) is 4.79 Å². The molecule has 0 spiro atoms. The first-order valence-corrected chi connectivity index (χ1v) is 8.32. The second-order valence-corrected chi connectivity index (χ2v) is 6.21. The number of hydrogen-bond acceptors (Lipinski definition) is 4. The van der Waals surface area contributed by atoms with Crippen molar-refractivity contribution in [1.82, 2.24) is 4.98 Å². The van der Waals surface area contributed by atoms with Crippen LogP contribution < -0.4 is 9.80 Å². The van der Waals surface area contributed by atoms with Crippen LogP contribution in [-0.4, -0.2) is 44.2 Å². The molecule has 0 aromatic carbocycles. The van der Waals surface area contributed by atoms with E-state index in [0.29, 0.717) is 0 Å². The molecule has 22 heavy (non-hydrogen) atoms. The van der Waals surface area contributed by atoms with Crippen LogP contribution in [0.4, 0.5) is 11.5 Å². The van der Waals surface area contributed by atoms with Gasteiger partial charge in [0.2, 0.25) is 5.91 Å². The summed E-state index contributed by atoms with van der Waals surface area (Å²) in [7, 11) is 1.86. The minimum absolute atomic E-state index is 0.192. The monoisotopic (exact) mass is 303 g/mol. The fraction of sp³-hybridized carbons (Fsp3) is 0.647. The first-order valence-electron chi connectivity index (χ1n) is 8.32. The molecule has 2 heterocycles. The number of aromatic nitrogens is 1. The van der Waals surface area contributed by atoms with Crippen molar-refractivity contribution in [1.29, 1.82) is 0 Å². The Kier molecular flexibility index (Phi) is 4.93. The molecule has 0 bridgehead atoms. The molecular weight excluding hydrogens is 278 g/mol. The first-order chi connectivity index (χ1) is 10.8. The Bertz CT molecular complexity index is 491. The number of ether oxygens (including phenoxy) is 1. The molecule has 5 nitrogen and oxygen atoms in total. The standard InChI is InChI=1S/C17H25N3O2/c1-19(17(21)14-5-3-2-4-6-14)15-7-8-16(18-13-15)20-9-11-22-12-10-20/h7-8,13-14H,2-6,9-12H2,1H3. The molecule has 5 heteroatoms. The van der Waals surface area contributed by atoms with Gasteiger partial charge >= 0.3 is 0 Å².